The average Bonchev–Trinajstić information content (AvgIpc) is 2.88. The average molecular weight is 548 g/mol. The molecule has 0 saturated carbocycles. The van der Waals surface area contributed by atoms with Crippen LogP contribution < -0.4 is 15.0 Å². The van der Waals surface area contributed by atoms with Crippen LogP contribution in [0.5, 0.6) is 5.75 Å². The van der Waals surface area contributed by atoms with Gasteiger partial charge in [-0.3, -0.25) is 0 Å². The number of piperidine rings is 1. The van der Waals surface area contributed by atoms with Crippen LogP contribution in [-0.4, -0.2) is 54.2 Å². The molecule has 0 spiro atoms. The topological polar surface area (TPSA) is 53.5 Å². The number of likely N-dealkylation sites (tertiary alicyclic amines) is 1. The highest BCUT2D eigenvalue weighted by atomic mass is 19.4. The summed E-state index contributed by atoms with van der Waals surface area (Å²) in [6.07, 6.45) is -2.43. The van der Waals surface area contributed by atoms with Gasteiger partial charge in [0.2, 0.25) is 5.95 Å². The first-order chi connectivity index (χ1) is 18.5. The molecule has 2 aliphatic rings. The first-order valence-electron chi connectivity index (χ1n) is 12.9. The number of halogens is 5. The summed E-state index contributed by atoms with van der Waals surface area (Å²) in [5.74, 6) is -1.23. The standard InChI is InChI=1S/C28H30F5N5O/c1-16(2)38-10-11-39-26-23(30)12-18(13-24(26)38)25-21(28(31,32)33)15-34-27(36-25)35-19-4-5-20(22(29)14-19)17-6-8-37(3)9-7-17/h4-5,12-17H,6-11H2,1-3H3,(H,34,35,36). The van der Waals surface area contributed by atoms with Crippen molar-refractivity contribution in [1.29, 1.82) is 0 Å². The fraction of sp³-hybridized carbons (Fsp3) is 0.429. The Bertz CT molecular complexity index is 1350. The van der Waals surface area contributed by atoms with Crippen molar-refractivity contribution in [2.24, 2.45) is 0 Å². The highest BCUT2D eigenvalue weighted by Crippen LogP contribution is 2.42. The molecule has 3 aromatic rings. The minimum Gasteiger partial charge on any atom is -0.486 e. The molecule has 0 unspecified atom stereocenters. The van der Waals surface area contributed by atoms with E-state index in [0.29, 0.717) is 29.7 Å². The van der Waals surface area contributed by atoms with Gasteiger partial charge in [0.1, 0.15) is 18.0 Å². The Morgan fingerprint density at radius 1 is 1.03 bits per heavy atom. The highest BCUT2D eigenvalue weighted by Gasteiger charge is 2.36. The Kier molecular flexibility index (Phi) is 7.37. The van der Waals surface area contributed by atoms with Crippen molar-refractivity contribution in [3.8, 4) is 17.0 Å². The third-order valence-electron chi connectivity index (χ3n) is 7.32. The molecule has 2 aliphatic heterocycles. The molecule has 1 aromatic heterocycles. The fourth-order valence-electron chi connectivity index (χ4n) is 5.23. The van der Waals surface area contributed by atoms with Gasteiger partial charge in [0.25, 0.3) is 0 Å². The second-order valence-corrected chi connectivity index (χ2v) is 10.3. The molecular weight excluding hydrogens is 517 g/mol. The van der Waals surface area contributed by atoms with Gasteiger partial charge in [0, 0.05) is 23.5 Å². The summed E-state index contributed by atoms with van der Waals surface area (Å²) in [4.78, 5) is 12.0. The van der Waals surface area contributed by atoms with Crippen molar-refractivity contribution >= 4 is 17.3 Å². The van der Waals surface area contributed by atoms with Gasteiger partial charge in [-0.15, -0.1) is 0 Å². The van der Waals surface area contributed by atoms with Gasteiger partial charge in [-0.25, -0.2) is 18.7 Å². The molecule has 0 amide bonds. The van der Waals surface area contributed by atoms with E-state index in [0.717, 1.165) is 32.0 Å². The molecule has 0 atom stereocenters. The number of aromatic nitrogens is 2. The molecule has 11 heteroatoms. The molecular formula is C28H30F5N5O. The summed E-state index contributed by atoms with van der Waals surface area (Å²) in [6, 6.07) is 7.06. The monoisotopic (exact) mass is 547 g/mol. The maximum Gasteiger partial charge on any atom is 0.419 e. The number of anilines is 3. The van der Waals surface area contributed by atoms with Crippen LogP contribution in [0.1, 0.15) is 43.7 Å². The van der Waals surface area contributed by atoms with E-state index in [2.05, 4.69) is 20.2 Å². The van der Waals surface area contributed by atoms with Gasteiger partial charge < -0.3 is 19.9 Å². The van der Waals surface area contributed by atoms with Crippen LogP contribution in [0, 0.1) is 11.6 Å². The fourth-order valence-corrected chi connectivity index (χ4v) is 5.23. The van der Waals surface area contributed by atoms with E-state index in [1.165, 1.54) is 12.1 Å². The van der Waals surface area contributed by atoms with Crippen LogP contribution in [0.15, 0.2) is 36.5 Å². The predicted octanol–water partition coefficient (Wildman–Crippen LogP) is 6.60. The van der Waals surface area contributed by atoms with Gasteiger partial charge in [-0.05, 0) is 82.6 Å². The number of fused-ring (bicyclic) bond motifs is 1. The zero-order valence-electron chi connectivity index (χ0n) is 21.9. The zero-order chi connectivity index (χ0) is 27.9. The summed E-state index contributed by atoms with van der Waals surface area (Å²) in [7, 11) is 2.03. The van der Waals surface area contributed by atoms with Crippen LogP contribution in [0.25, 0.3) is 11.3 Å². The number of nitrogens with zero attached hydrogens (tertiary/aromatic N) is 4. The van der Waals surface area contributed by atoms with Gasteiger partial charge >= 0.3 is 6.18 Å². The molecule has 6 nitrogen and oxygen atoms in total. The second-order valence-electron chi connectivity index (χ2n) is 10.3. The lowest BCUT2D eigenvalue weighted by atomic mass is 9.89. The van der Waals surface area contributed by atoms with Crippen LogP contribution >= 0.6 is 0 Å². The normalized spacial score (nSPS) is 16.8. The van der Waals surface area contributed by atoms with Crippen LogP contribution in [0.4, 0.5) is 39.3 Å². The van der Waals surface area contributed by atoms with E-state index in [-0.39, 0.29) is 35.8 Å². The quantitative estimate of drug-likeness (QED) is 0.364. The molecule has 1 fully saturated rings. The molecule has 0 radical (unpaired) electrons. The maximum absolute atomic E-state index is 15.1. The number of rotatable bonds is 5. The van der Waals surface area contributed by atoms with Crippen LogP contribution in [0.2, 0.25) is 0 Å². The second kappa shape index (κ2) is 10.6. The maximum atomic E-state index is 15.1. The summed E-state index contributed by atoms with van der Waals surface area (Å²) >= 11 is 0. The molecule has 5 rings (SSSR count). The van der Waals surface area contributed by atoms with Crippen molar-refractivity contribution in [2.75, 3.05) is 43.5 Å². The molecule has 39 heavy (non-hydrogen) atoms. The summed E-state index contributed by atoms with van der Waals surface area (Å²) in [5.41, 5.74) is -0.388. The highest BCUT2D eigenvalue weighted by molar-refractivity contribution is 5.74. The minimum absolute atomic E-state index is 0.000149. The van der Waals surface area contributed by atoms with Gasteiger partial charge in [-0.1, -0.05) is 6.07 Å². The number of hydrogen-bond acceptors (Lipinski definition) is 6. The van der Waals surface area contributed by atoms with Crippen molar-refractivity contribution in [3.05, 3.63) is 59.3 Å². The summed E-state index contributed by atoms with van der Waals surface area (Å²) < 4.78 is 77.4. The Labute approximate surface area is 223 Å². The van der Waals surface area contributed by atoms with E-state index < -0.39 is 29.1 Å². The predicted molar refractivity (Wildman–Crippen MR) is 140 cm³/mol. The largest absolute Gasteiger partial charge is 0.486 e. The van der Waals surface area contributed by atoms with E-state index >= 15 is 8.78 Å². The first kappa shape index (κ1) is 27.1. The Morgan fingerprint density at radius 3 is 2.44 bits per heavy atom. The number of alkyl halides is 3. The molecule has 208 valence electrons. The van der Waals surface area contributed by atoms with E-state index in [9.17, 15) is 13.2 Å². The first-order valence-corrected chi connectivity index (χ1v) is 12.9. The molecule has 0 aliphatic carbocycles. The summed E-state index contributed by atoms with van der Waals surface area (Å²) in [5, 5.41) is 2.81. The SMILES string of the molecule is CC(C)N1CCOc2c(F)cc(-c3nc(Nc4ccc(C5CCN(C)CC5)c(F)c4)ncc3C(F)(F)F)cc21. The zero-order valence-corrected chi connectivity index (χ0v) is 21.9. The van der Waals surface area contributed by atoms with Crippen LogP contribution in [0.3, 0.4) is 0 Å². The molecule has 2 aromatic carbocycles. The lowest BCUT2D eigenvalue weighted by Crippen LogP contribution is -2.38. The summed E-state index contributed by atoms with van der Waals surface area (Å²) in [6.45, 7) is 6.32. The Morgan fingerprint density at radius 2 is 1.77 bits per heavy atom. The van der Waals surface area contributed by atoms with E-state index in [4.69, 9.17) is 4.74 Å². The van der Waals surface area contributed by atoms with Crippen molar-refractivity contribution in [3.63, 3.8) is 0 Å². The Hall–Kier alpha value is -3.47. The van der Waals surface area contributed by atoms with Crippen molar-refractivity contribution in [1.82, 2.24) is 14.9 Å². The smallest absolute Gasteiger partial charge is 0.419 e. The van der Waals surface area contributed by atoms with Gasteiger partial charge in [0.15, 0.2) is 11.6 Å². The molecule has 3 heterocycles. The van der Waals surface area contributed by atoms with E-state index in [1.54, 1.807) is 12.1 Å². The molecule has 1 saturated heterocycles. The molecule has 1 N–H and O–H groups in total. The molecule has 0 bridgehead atoms. The van der Waals surface area contributed by atoms with Gasteiger partial charge in [0.05, 0.1) is 17.9 Å². The number of ether oxygens (including phenoxy) is 1. The number of hydrogen-bond donors (Lipinski definition) is 1. The number of nitrogens with one attached hydrogen (secondary N) is 1. The third kappa shape index (κ3) is 5.63. The lowest BCUT2D eigenvalue weighted by molar-refractivity contribution is -0.137. The minimum atomic E-state index is -4.78. The van der Waals surface area contributed by atoms with Crippen molar-refractivity contribution in [2.45, 2.75) is 44.8 Å². The van der Waals surface area contributed by atoms with Crippen molar-refractivity contribution < 1.29 is 26.7 Å². The van der Waals surface area contributed by atoms with E-state index in [1.807, 2.05) is 25.8 Å². The van der Waals surface area contributed by atoms with Gasteiger partial charge in [-0.2, -0.15) is 13.2 Å². The lowest BCUT2D eigenvalue weighted by Gasteiger charge is -2.35. The Balaban J connectivity index is 1.49. The number of benzene rings is 2. The third-order valence-corrected chi connectivity index (χ3v) is 7.32. The van der Waals surface area contributed by atoms with Crippen LogP contribution in [-0.2, 0) is 6.18 Å².